The van der Waals surface area contributed by atoms with Crippen LogP contribution in [-0.4, -0.2) is 47.9 Å². The first kappa shape index (κ1) is 19.4. The maximum Gasteiger partial charge on any atom is 0.244 e. The molecule has 1 aromatic heterocycles. The third-order valence-corrected chi connectivity index (χ3v) is 6.26. The average molecular weight is 392 g/mol. The third-order valence-electron chi connectivity index (χ3n) is 4.36. The van der Waals surface area contributed by atoms with Gasteiger partial charge in [0.2, 0.25) is 15.9 Å². The van der Waals surface area contributed by atoms with E-state index >= 15 is 0 Å². The van der Waals surface area contributed by atoms with Crippen molar-refractivity contribution in [3.05, 3.63) is 36.9 Å². The molecule has 0 atom stereocenters. The maximum atomic E-state index is 12.9. The fourth-order valence-corrected chi connectivity index (χ4v) is 4.58. The van der Waals surface area contributed by atoms with E-state index in [1.165, 1.54) is 16.4 Å². The average Bonchev–Trinajstić information content (AvgIpc) is 3.17. The van der Waals surface area contributed by atoms with Crippen LogP contribution in [0.25, 0.3) is 0 Å². The summed E-state index contributed by atoms with van der Waals surface area (Å²) in [7, 11) is -3.59. The SMILES string of the molecule is CCOc1ccc(S(=O)(=O)N2CCCCC2)cc1NC(=O)Cn1ccnc1. The van der Waals surface area contributed by atoms with E-state index in [1.54, 1.807) is 29.4 Å². The van der Waals surface area contributed by atoms with Crippen LogP contribution >= 0.6 is 0 Å². The van der Waals surface area contributed by atoms with E-state index in [1.807, 2.05) is 6.92 Å². The number of nitrogens with zero attached hydrogens (tertiary/aromatic N) is 3. The molecule has 3 rings (SSSR count). The fraction of sp³-hybridized carbons (Fsp3) is 0.444. The molecule has 0 bridgehead atoms. The minimum atomic E-state index is -3.59. The van der Waals surface area contributed by atoms with Gasteiger partial charge in [-0.2, -0.15) is 4.31 Å². The summed E-state index contributed by atoms with van der Waals surface area (Å²) in [6.45, 7) is 3.36. The lowest BCUT2D eigenvalue weighted by molar-refractivity contribution is -0.116. The zero-order valence-corrected chi connectivity index (χ0v) is 16.1. The number of piperidine rings is 1. The molecule has 0 radical (unpaired) electrons. The number of carbonyl (C=O) groups is 1. The van der Waals surface area contributed by atoms with Gasteiger partial charge in [-0.05, 0) is 38.0 Å². The first-order valence-electron chi connectivity index (χ1n) is 9.03. The van der Waals surface area contributed by atoms with Crippen molar-refractivity contribution in [2.45, 2.75) is 37.6 Å². The number of imidazole rings is 1. The third kappa shape index (κ3) is 4.67. The maximum absolute atomic E-state index is 12.9. The number of hydrogen-bond acceptors (Lipinski definition) is 5. The van der Waals surface area contributed by atoms with Crippen LogP contribution in [0, 0.1) is 0 Å². The molecule has 0 spiro atoms. The van der Waals surface area contributed by atoms with Crippen molar-refractivity contribution in [1.82, 2.24) is 13.9 Å². The molecule has 1 N–H and O–H groups in total. The highest BCUT2D eigenvalue weighted by Crippen LogP contribution is 2.30. The molecule has 1 amide bonds. The molecule has 0 aliphatic carbocycles. The standard InChI is InChI=1S/C18H24N4O4S/c1-2-26-17-7-6-15(27(24,25)22-9-4-3-5-10-22)12-16(17)20-18(23)13-21-11-8-19-14-21/h6-8,11-12,14H,2-5,9-10,13H2,1H3,(H,20,23). The van der Waals surface area contributed by atoms with E-state index in [2.05, 4.69) is 10.3 Å². The summed E-state index contributed by atoms with van der Waals surface area (Å²) in [6, 6.07) is 4.59. The van der Waals surface area contributed by atoms with Gasteiger partial charge in [-0.25, -0.2) is 13.4 Å². The van der Waals surface area contributed by atoms with Gasteiger partial charge in [0.1, 0.15) is 12.3 Å². The van der Waals surface area contributed by atoms with Crippen molar-refractivity contribution in [3.8, 4) is 5.75 Å². The second-order valence-electron chi connectivity index (χ2n) is 6.34. The van der Waals surface area contributed by atoms with Gasteiger partial charge in [0.25, 0.3) is 0 Å². The number of amides is 1. The van der Waals surface area contributed by atoms with Crippen molar-refractivity contribution in [3.63, 3.8) is 0 Å². The summed E-state index contributed by atoms with van der Waals surface area (Å²) in [5, 5.41) is 2.75. The number of ether oxygens (including phenoxy) is 1. The second-order valence-corrected chi connectivity index (χ2v) is 8.28. The molecule has 2 aromatic rings. The van der Waals surface area contributed by atoms with Crippen molar-refractivity contribution >= 4 is 21.6 Å². The molecule has 0 saturated carbocycles. The van der Waals surface area contributed by atoms with Crippen LogP contribution in [0.2, 0.25) is 0 Å². The van der Waals surface area contributed by atoms with Gasteiger partial charge in [-0.15, -0.1) is 0 Å². The number of aromatic nitrogens is 2. The van der Waals surface area contributed by atoms with Crippen molar-refractivity contribution in [1.29, 1.82) is 0 Å². The number of carbonyl (C=O) groups excluding carboxylic acids is 1. The molecule has 1 saturated heterocycles. The Bertz CT molecular complexity index is 875. The Morgan fingerprint density at radius 1 is 1.26 bits per heavy atom. The highest BCUT2D eigenvalue weighted by molar-refractivity contribution is 7.89. The summed E-state index contributed by atoms with van der Waals surface area (Å²) in [6.07, 6.45) is 7.59. The predicted octanol–water partition coefficient (Wildman–Crippen LogP) is 2.10. The molecule has 27 heavy (non-hydrogen) atoms. The zero-order valence-electron chi connectivity index (χ0n) is 15.3. The zero-order chi connectivity index (χ0) is 19.3. The van der Waals surface area contributed by atoms with Crippen LogP contribution in [0.5, 0.6) is 5.75 Å². The van der Waals surface area contributed by atoms with Gasteiger partial charge in [-0.1, -0.05) is 6.42 Å². The molecular weight excluding hydrogens is 368 g/mol. The summed E-state index contributed by atoms with van der Waals surface area (Å²) >= 11 is 0. The molecule has 8 nitrogen and oxygen atoms in total. The molecule has 0 unspecified atom stereocenters. The van der Waals surface area contributed by atoms with E-state index in [0.717, 1.165) is 19.3 Å². The molecule has 1 fully saturated rings. The second kappa shape index (κ2) is 8.53. The topological polar surface area (TPSA) is 93.5 Å². The van der Waals surface area contributed by atoms with Gasteiger partial charge >= 0.3 is 0 Å². The highest BCUT2D eigenvalue weighted by Gasteiger charge is 2.27. The van der Waals surface area contributed by atoms with Gasteiger partial charge in [0.15, 0.2) is 0 Å². The quantitative estimate of drug-likeness (QED) is 0.779. The van der Waals surface area contributed by atoms with Crippen molar-refractivity contribution in [2.75, 3.05) is 25.0 Å². The number of benzene rings is 1. The molecule has 1 aromatic carbocycles. The van der Waals surface area contributed by atoms with Gasteiger partial charge in [0, 0.05) is 25.5 Å². The van der Waals surface area contributed by atoms with Crippen molar-refractivity contribution < 1.29 is 17.9 Å². The smallest absolute Gasteiger partial charge is 0.244 e. The van der Waals surface area contributed by atoms with Crippen LogP contribution in [-0.2, 0) is 21.4 Å². The van der Waals surface area contributed by atoms with E-state index in [-0.39, 0.29) is 17.3 Å². The van der Waals surface area contributed by atoms with E-state index in [0.29, 0.717) is 31.1 Å². The Balaban J connectivity index is 1.84. The van der Waals surface area contributed by atoms with E-state index in [4.69, 9.17) is 4.74 Å². The largest absolute Gasteiger partial charge is 0.492 e. The van der Waals surface area contributed by atoms with Crippen LogP contribution in [0.15, 0.2) is 41.8 Å². The molecular formula is C18H24N4O4S. The van der Waals surface area contributed by atoms with Gasteiger partial charge in [-0.3, -0.25) is 4.79 Å². The Morgan fingerprint density at radius 2 is 2.04 bits per heavy atom. The molecule has 1 aliphatic rings. The number of anilines is 1. The summed E-state index contributed by atoms with van der Waals surface area (Å²) < 4.78 is 34.5. The first-order valence-corrected chi connectivity index (χ1v) is 10.5. The number of rotatable bonds is 7. The summed E-state index contributed by atoms with van der Waals surface area (Å²) in [5.74, 6) is 0.149. The molecule has 1 aliphatic heterocycles. The molecule has 146 valence electrons. The number of hydrogen-bond donors (Lipinski definition) is 1. The minimum absolute atomic E-state index is 0.0780. The highest BCUT2D eigenvalue weighted by atomic mass is 32.2. The van der Waals surface area contributed by atoms with Crippen molar-refractivity contribution in [2.24, 2.45) is 0 Å². The van der Waals surface area contributed by atoms with E-state index in [9.17, 15) is 13.2 Å². The molecule has 9 heteroatoms. The monoisotopic (exact) mass is 392 g/mol. The van der Waals surface area contributed by atoms with Gasteiger partial charge in [0.05, 0.1) is 23.5 Å². The Hall–Kier alpha value is -2.39. The summed E-state index contributed by atoms with van der Waals surface area (Å²) in [5.41, 5.74) is 0.347. The first-order chi connectivity index (χ1) is 13.0. The Morgan fingerprint density at radius 3 is 2.70 bits per heavy atom. The number of sulfonamides is 1. The summed E-state index contributed by atoms with van der Waals surface area (Å²) in [4.78, 5) is 16.4. The van der Waals surface area contributed by atoms with Gasteiger partial charge < -0.3 is 14.6 Å². The van der Waals surface area contributed by atoms with Crippen LogP contribution in [0.1, 0.15) is 26.2 Å². The molecule has 2 heterocycles. The fourth-order valence-electron chi connectivity index (χ4n) is 3.04. The number of nitrogens with one attached hydrogen (secondary N) is 1. The lowest BCUT2D eigenvalue weighted by Crippen LogP contribution is -2.35. The Kier molecular flexibility index (Phi) is 6.12. The minimum Gasteiger partial charge on any atom is -0.492 e. The van der Waals surface area contributed by atoms with E-state index < -0.39 is 10.0 Å². The van der Waals surface area contributed by atoms with Crippen LogP contribution < -0.4 is 10.1 Å². The normalized spacial score (nSPS) is 15.4. The lowest BCUT2D eigenvalue weighted by atomic mass is 10.2. The predicted molar refractivity (Wildman–Crippen MR) is 101 cm³/mol. The van der Waals surface area contributed by atoms with Crippen LogP contribution in [0.3, 0.4) is 0 Å². The van der Waals surface area contributed by atoms with Crippen LogP contribution in [0.4, 0.5) is 5.69 Å². The Labute approximate surface area is 159 Å². The lowest BCUT2D eigenvalue weighted by Gasteiger charge is -2.26.